The summed E-state index contributed by atoms with van der Waals surface area (Å²) in [5.74, 6) is -2.64. The first-order valence-electron chi connectivity index (χ1n) is 13.9. The monoisotopic (exact) mass is 631 g/mol. The molecular weight excluding hydrogens is 602 g/mol. The third-order valence-corrected chi connectivity index (χ3v) is 7.28. The fourth-order valence-electron chi connectivity index (χ4n) is 4.95. The maximum atomic E-state index is 15.7. The highest BCUT2D eigenvalue weighted by atomic mass is 19.4. The molecule has 0 bridgehead atoms. The first-order chi connectivity index (χ1) is 21.5. The number of aliphatic hydroxyl groups is 1. The van der Waals surface area contributed by atoms with Crippen LogP contribution in [0.4, 0.5) is 34.6 Å². The summed E-state index contributed by atoms with van der Waals surface area (Å²) >= 11 is 0. The van der Waals surface area contributed by atoms with Crippen LogP contribution < -0.4 is 15.0 Å². The number of alkyl halides is 3. The molecule has 2 aliphatic rings. The van der Waals surface area contributed by atoms with Gasteiger partial charge < -0.3 is 29.5 Å². The number of benzene rings is 2. The van der Waals surface area contributed by atoms with E-state index in [9.17, 15) is 27.9 Å². The fraction of sp³-hybridized carbons (Fsp3) is 0.333. The number of ether oxygens (including phenoxy) is 3. The molecule has 2 N–H and O–H groups in total. The number of pyridine rings is 1. The van der Waals surface area contributed by atoms with Crippen LogP contribution in [0.3, 0.4) is 0 Å². The lowest BCUT2D eigenvalue weighted by Gasteiger charge is -2.32. The Balaban J connectivity index is 1.43. The molecule has 0 aliphatic carbocycles. The number of halogens is 4. The summed E-state index contributed by atoms with van der Waals surface area (Å²) in [6.45, 7) is 5.21. The summed E-state index contributed by atoms with van der Waals surface area (Å²) in [5.41, 5.74) is 0.200. The Morgan fingerprint density at radius 3 is 2.62 bits per heavy atom. The van der Waals surface area contributed by atoms with Gasteiger partial charge in [-0.25, -0.2) is 14.2 Å². The highest BCUT2D eigenvalue weighted by Gasteiger charge is 2.34. The van der Waals surface area contributed by atoms with Gasteiger partial charge in [-0.05, 0) is 38.1 Å². The summed E-state index contributed by atoms with van der Waals surface area (Å²) in [4.78, 5) is 36.4. The molecule has 1 amide bonds. The van der Waals surface area contributed by atoms with Gasteiger partial charge in [0.1, 0.15) is 5.69 Å². The molecule has 5 rings (SSSR count). The number of esters is 1. The molecule has 0 spiro atoms. The van der Waals surface area contributed by atoms with Crippen molar-refractivity contribution < 1.29 is 46.5 Å². The molecule has 11 nitrogen and oxygen atoms in total. The number of morpholine rings is 1. The number of carbonyl (C=O) groups is 2. The van der Waals surface area contributed by atoms with E-state index in [1.54, 1.807) is 13.8 Å². The fourth-order valence-corrected chi connectivity index (χ4v) is 4.95. The van der Waals surface area contributed by atoms with Crippen LogP contribution in [0.5, 0.6) is 5.75 Å². The highest BCUT2D eigenvalue weighted by molar-refractivity contribution is 5.97. The van der Waals surface area contributed by atoms with E-state index in [1.165, 1.54) is 47.6 Å². The van der Waals surface area contributed by atoms with Crippen molar-refractivity contribution in [3.63, 3.8) is 0 Å². The Hall–Kier alpha value is -4.60. The molecule has 238 valence electrons. The number of fused-ring (bicyclic) bond motifs is 1. The lowest BCUT2D eigenvalue weighted by atomic mass is 9.99. The Morgan fingerprint density at radius 1 is 1.16 bits per heavy atom. The summed E-state index contributed by atoms with van der Waals surface area (Å²) in [6.07, 6.45) is -2.77. The van der Waals surface area contributed by atoms with Gasteiger partial charge in [-0.15, -0.1) is 13.2 Å². The number of hydrogen-bond donors (Lipinski definition) is 2. The zero-order valence-electron chi connectivity index (χ0n) is 24.2. The van der Waals surface area contributed by atoms with E-state index in [2.05, 4.69) is 20.0 Å². The van der Waals surface area contributed by atoms with Crippen molar-refractivity contribution in [2.24, 2.45) is 4.99 Å². The van der Waals surface area contributed by atoms with Gasteiger partial charge in [-0.3, -0.25) is 14.7 Å². The van der Waals surface area contributed by atoms with Crippen molar-refractivity contribution in [1.29, 1.82) is 0 Å². The SMILES string of the molecule is CCOC(=O)c1cncc(-c2ccc3c(c2F)N=CN(c2ccc(OC(F)(F)F)c(NC(=O)C(C)N4CCOCC4)c2)C3O)c1. The second-order valence-corrected chi connectivity index (χ2v) is 10.1. The lowest BCUT2D eigenvalue weighted by molar-refractivity contribution is -0.274. The van der Waals surface area contributed by atoms with Crippen LogP contribution in [-0.4, -0.2) is 78.5 Å². The summed E-state index contributed by atoms with van der Waals surface area (Å²) < 4.78 is 69.7. The zero-order valence-corrected chi connectivity index (χ0v) is 24.2. The van der Waals surface area contributed by atoms with Crippen molar-refractivity contribution >= 4 is 35.3 Å². The molecular formula is C30H29F4N5O6. The second-order valence-electron chi connectivity index (χ2n) is 10.1. The number of amides is 1. The van der Waals surface area contributed by atoms with Crippen molar-refractivity contribution in [3.8, 4) is 16.9 Å². The van der Waals surface area contributed by atoms with Gasteiger partial charge in [-0.1, -0.05) is 12.1 Å². The van der Waals surface area contributed by atoms with Crippen LogP contribution >= 0.6 is 0 Å². The molecule has 2 aromatic carbocycles. The average Bonchev–Trinajstić information content (AvgIpc) is 3.02. The third kappa shape index (κ3) is 7.05. The zero-order chi connectivity index (χ0) is 32.3. The number of rotatable bonds is 8. The van der Waals surface area contributed by atoms with Crippen LogP contribution in [0.2, 0.25) is 0 Å². The molecule has 1 saturated heterocycles. The first kappa shape index (κ1) is 31.8. The number of nitrogens with one attached hydrogen (secondary N) is 1. The van der Waals surface area contributed by atoms with E-state index in [0.29, 0.717) is 26.3 Å². The highest BCUT2D eigenvalue weighted by Crippen LogP contribution is 2.42. The van der Waals surface area contributed by atoms with Crippen LogP contribution in [0.25, 0.3) is 11.1 Å². The summed E-state index contributed by atoms with van der Waals surface area (Å²) in [7, 11) is 0. The van der Waals surface area contributed by atoms with Crippen LogP contribution in [0, 0.1) is 5.82 Å². The molecule has 1 aromatic heterocycles. The van der Waals surface area contributed by atoms with Gasteiger partial charge >= 0.3 is 12.3 Å². The Labute approximate surface area is 255 Å². The normalized spacial score (nSPS) is 17.4. The third-order valence-electron chi connectivity index (χ3n) is 7.28. The quantitative estimate of drug-likeness (QED) is 0.267. The standard InChI is InChI=1S/C30H29F4N5O6/c1-3-44-29(42)19-12-18(14-35-15-19)21-5-6-22-26(25(21)31)36-16-39(28(22)41)20-4-7-24(45-30(32,33)34)23(13-20)37-27(40)17(2)38-8-10-43-11-9-38/h4-7,12-17,28,41H,3,8-11H2,1-2H3,(H,37,40). The number of carbonyl (C=O) groups excluding carboxylic acids is 2. The van der Waals surface area contributed by atoms with Crippen LogP contribution in [0.1, 0.15) is 36.0 Å². The second kappa shape index (κ2) is 13.2. The van der Waals surface area contributed by atoms with E-state index >= 15 is 4.39 Å². The predicted molar refractivity (Wildman–Crippen MR) is 155 cm³/mol. The van der Waals surface area contributed by atoms with Gasteiger partial charge in [0.05, 0.1) is 43.5 Å². The van der Waals surface area contributed by atoms with E-state index in [0.717, 1.165) is 12.4 Å². The van der Waals surface area contributed by atoms with E-state index in [1.807, 2.05) is 4.90 Å². The Bertz CT molecular complexity index is 1610. The van der Waals surface area contributed by atoms with Gasteiger partial charge in [0.25, 0.3) is 0 Å². The number of hydrogen-bond acceptors (Lipinski definition) is 10. The minimum absolute atomic E-state index is 0.0652. The molecule has 3 heterocycles. The molecule has 1 fully saturated rings. The largest absolute Gasteiger partial charge is 0.573 e. The number of aliphatic imine (C=N–C) groups is 1. The number of aromatic nitrogens is 1. The number of anilines is 2. The lowest BCUT2D eigenvalue weighted by Crippen LogP contribution is -2.47. The van der Waals surface area contributed by atoms with E-state index < -0.39 is 42.1 Å². The maximum Gasteiger partial charge on any atom is 0.573 e. The van der Waals surface area contributed by atoms with Gasteiger partial charge in [0.15, 0.2) is 17.8 Å². The summed E-state index contributed by atoms with van der Waals surface area (Å²) in [5, 5.41) is 13.7. The Morgan fingerprint density at radius 2 is 1.91 bits per heavy atom. The van der Waals surface area contributed by atoms with Crippen molar-refractivity contribution in [1.82, 2.24) is 9.88 Å². The minimum Gasteiger partial charge on any atom is -0.462 e. The van der Waals surface area contributed by atoms with Crippen LogP contribution in [-0.2, 0) is 14.3 Å². The van der Waals surface area contributed by atoms with Gasteiger partial charge in [-0.2, -0.15) is 0 Å². The van der Waals surface area contributed by atoms with Crippen LogP contribution in [0.15, 0.2) is 53.8 Å². The Kier molecular flexibility index (Phi) is 9.32. The van der Waals surface area contributed by atoms with Gasteiger partial charge in [0, 0.05) is 47.9 Å². The molecule has 0 radical (unpaired) electrons. The van der Waals surface area contributed by atoms with E-state index in [4.69, 9.17) is 9.47 Å². The smallest absolute Gasteiger partial charge is 0.462 e. The molecule has 2 unspecified atom stereocenters. The molecule has 2 atom stereocenters. The maximum absolute atomic E-state index is 15.7. The topological polar surface area (TPSA) is 126 Å². The van der Waals surface area contributed by atoms with Crippen molar-refractivity contribution in [2.75, 3.05) is 43.1 Å². The molecule has 15 heteroatoms. The van der Waals surface area contributed by atoms with Crippen molar-refractivity contribution in [2.45, 2.75) is 32.5 Å². The molecule has 2 aliphatic heterocycles. The summed E-state index contributed by atoms with van der Waals surface area (Å²) in [6, 6.07) is 7.00. The average molecular weight is 632 g/mol. The molecule has 45 heavy (non-hydrogen) atoms. The first-order valence-corrected chi connectivity index (χ1v) is 13.9. The number of aliphatic hydroxyl groups excluding tert-OH is 1. The molecule has 3 aromatic rings. The molecule has 0 saturated carbocycles. The van der Waals surface area contributed by atoms with Crippen molar-refractivity contribution in [3.05, 3.63) is 65.7 Å². The van der Waals surface area contributed by atoms with E-state index in [-0.39, 0.29) is 45.9 Å². The minimum atomic E-state index is -5.04. The number of nitrogens with zero attached hydrogens (tertiary/aromatic N) is 4. The van der Waals surface area contributed by atoms with Gasteiger partial charge in [0.2, 0.25) is 5.91 Å². The predicted octanol–water partition coefficient (Wildman–Crippen LogP) is 4.79.